The number of pyridine rings is 2. The fraction of sp³-hybridized carbons (Fsp3) is 0.261. The van der Waals surface area contributed by atoms with Gasteiger partial charge in [-0.15, -0.1) is 0 Å². The summed E-state index contributed by atoms with van der Waals surface area (Å²) in [4.78, 5) is 22.6. The standard InChI is InChI=1S/C23H22ClF3N4O/c1-28-22(32)21(17-8-3-2-4-9-17)31(20-11-5-10-19(24)30-20)14-6-7-16-12-13-18(29-15-16)23(25,26)27/h2-5,8-13,15,21H,6-7,14H2,1H3,(H,28,32). The van der Waals surface area contributed by atoms with E-state index in [0.717, 1.165) is 11.6 Å². The molecule has 1 N–H and O–H groups in total. The van der Waals surface area contributed by atoms with E-state index in [1.165, 1.54) is 12.3 Å². The first-order valence-corrected chi connectivity index (χ1v) is 10.4. The number of rotatable bonds is 8. The summed E-state index contributed by atoms with van der Waals surface area (Å²) in [5, 5.41) is 2.99. The third kappa shape index (κ3) is 5.97. The minimum absolute atomic E-state index is 0.214. The maximum Gasteiger partial charge on any atom is 0.433 e. The van der Waals surface area contributed by atoms with Crippen molar-refractivity contribution in [2.45, 2.75) is 25.1 Å². The molecule has 5 nitrogen and oxygen atoms in total. The average molecular weight is 463 g/mol. The maximum atomic E-state index is 12.8. The maximum absolute atomic E-state index is 12.8. The van der Waals surface area contributed by atoms with E-state index >= 15 is 0 Å². The van der Waals surface area contributed by atoms with Crippen LogP contribution in [0.25, 0.3) is 0 Å². The normalized spacial score (nSPS) is 12.3. The van der Waals surface area contributed by atoms with Gasteiger partial charge < -0.3 is 10.2 Å². The van der Waals surface area contributed by atoms with Crippen LogP contribution in [0.4, 0.5) is 19.0 Å². The number of carbonyl (C=O) groups excluding carboxylic acids is 1. The minimum Gasteiger partial charge on any atom is -0.357 e. The highest BCUT2D eigenvalue weighted by molar-refractivity contribution is 6.29. The molecule has 168 valence electrons. The SMILES string of the molecule is CNC(=O)C(c1ccccc1)N(CCCc1ccc(C(F)(F)F)nc1)c1cccc(Cl)n1. The van der Waals surface area contributed by atoms with Crippen LogP contribution in [0, 0.1) is 0 Å². The molecule has 3 aromatic rings. The zero-order valence-electron chi connectivity index (χ0n) is 17.3. The van der Waals surface area contributed by atoms with E-state index in [4.69, 9.17) is 11.6 Å². The first kappa shape index (κ1) is 23.5. The number of aromatic nitrogens is 2. The lowest BCUT2D eigenvalue weighted by atomic mass is 10.0. The number of likely N-dealkylation sites (N-methyl/N-ethyl adjacent to an activating group) is 1. The molecule has 0 saturated heterocycles. The molecule has 0 aliphatic heterocycles. The molecule has 0 aliphatic carbocycles. The van der Waals surface area contributed by atoms with Crippen LogP contribution >= 0.6 is 11.6 Å². The van der Waals surface area contributed by atoms with Crippen LogP contribution in [0.3, 0.4) is 0 Å². The van der Waals surface area contributed by atoms with E-state index in [1.807, 2.05) is 35.2 Å². The van der Waals surface area contributed by atoms with Crippen molar-refractivity contribution in [2.75, 3.05) is 18.5 Å². The topological polar surface area (TPSA) is 58.1 Å². The molecule has 1 atom stereocenters. The summed E-state index contributed by atoms with van der Waals surface area (Å²) in [6.45, 7) is 0.418. The van der Waals surface area contributed by atoms with Gasteiger partial charge in [0.15, 0.2) is 0 Å². The van der Waals surface area contributed by atoms with Gasteiger partial charge in [-0.1, -0.05) is 54.1 Å². The Bertz CT molecular complexity index is 1030. The molecule has 3 rings (SSSR count). The number of hydrogen-bond donors (Lipinski definition) is 1. The Labute approximate surface area is 189 Å². The van der Waals surface area contributed by atoms with Gasteiger partial charge in [0.2, 0.25) is 5.91 Å². The molecule has 0 aliphatic rings. The number of amides is 1. The highest BCUT2D eigenvalue weighted by Gasteiger charge is 2.32. The van der Waals surface area contributed by atoms with Gasteiger partial charge in [-0.25, -0.2) is 4.98 Å². The second-order valence-corrected chi connectivity index (χ2v) is 7.48. The van der Waals surface area contributed by atoms with Crippen LogP contribution in [0.5, 0.6) is 0 Å². The lowest BCUT2D eigenvalue weighted by molar-refractivity contribution is -0.141. The predicted molar refractivity (Wildman–Crippen MR) is 117 cm³/mol. The van der Waals surface area contributed by atoms with Gasteiger partial charge in [0, 0.05) is 19.8 Å². The smallest absolute Gasteiger partial charge is 0.357 e. The molecule has 0 fully saturated rings. The van der Waals surface area contributed by atoms with E-state index in [0.29, 0.717) is 35.9 Å². The number of aryl methyl sites for hydroxylation is 1. The monoisotopic (exact) mass is 462 g/mol. The van der Waals surface area contributed by atoms with E-state index in [9.17, 15) is 18.0 Å². The van der Waals surface area contributed by atoms with Crippen molar-refractivity contribution in [3.63, 3.8) is 0 Å². The molecule has 0 spiro atoms. The molecule has 9 heteroatoms. The first-order valence-electron chi connectivity index (χ1n) is 9.97. The molecule has 1 unspecified atom stereocenters. The van der Waals surface area contributed by atoms with Gasteiger partial charge in [0.25, 0.3) is 0 Å². The number of carbonyl (C=O) groups is 1. The van der Waals surface area contributed by atoms with Crippen molar-refractivity contribution in [3.8, 4) is 0 Å². The third-order valence-corrected chi connectivity index (χ3v) is 5.11. The second kappa shape index (κ2) is 10.5. The number of anilines is 1. The van der Waals surface area contributed by atoms with Crippen LogP contribution < -0.4 is 10.2 Å². The Kier molecular flexibility index (Phi) is 7.69. The summed E-state index contributed by atoms with van der Waals surface area (Å²) in [5.41, 5.74) is 0.535. The molecule has 1 amide bonds. The molecule has 2 heterocycles. The summed E-state index contributed by atoms with van der Waals surface area (Å²) in [7, 11) is 1.57. The van der Waals surface area contributed by atoms with E-state index < -0.39 is 17.9 Å². The molecular weight excluding hydrogens is 441 g/mol. The zero-order chi connectivity index (χ0) is 23.1. The molecule has 2 aromatic heterocycles. The van der Waals surface area contributed by atoms with E-state index in [-0.39, 0.29) is 5.91 Å². The quantitative estimate of drug-likeness (QED) is 0.474. The molecule has 0 radical (unpaired) electrons. The minimum atomic E-state index is -4.47. The van der Waals surface area contributed by atoms with Crippen molar-refractivity contribution in [1.82, 2.24) is 15.3 Å². The third-order valence-electron chi connectivity index (χ3n) is 4.90. The van der Waals surface area contributed by atoms with E-state index in [2.05, 4.69) is 15.3 Å². The van der Waals surface area contributed by atoms with Gasteiger partial charge in [-0.3, -0.25) is 9.78 Å². The summed E-state index contributed by atoms with van der Waals surface area (Å²) in [5.74, 6) is 0.315. The number of alkyl halides is 3. The van der Waals surface area contributed by atoms with Crippen molar-refractivity contribution in [1.29, 1.82) is 0 Å². The summed E-state index contributed by atoms with van der Waals surface area (Å²) >= 11 is 6.10. The molecule has 1 aromatic carbocycles. The number of benzene rings is 1. The molecule has 0 saturated carbocycles. The largest absolute Gasteiger partial charge is 0.433 e. The molecular formula is C23H22ClF3N4O. The Morgan fingerprint density at radius 3 is 2.44 bits per heavy atom. The van der Waals surface area contributed by atoms with Crippen LogP contribution in [0.2, 0.25) is 5.15 Å². The Morgan fingerprint density at radius 2 is 1.84 bits per heavy atom. The van der Waals surface area contributed by atoms with Crippen LogP contribution in [0.15, 0.2) is 66.9 Å². The summed E-state index contributed by atoms with van der Waals surface area (Å²) in [6.07, 6.45) is -2.19. The highest BCUT2D eigenvalue weighted by atomic mass is 35.5. The predicted octanol–water partition coefficient (Wildman–Crippen LogP) is 5.08. The Morgan fingerprint density at radius 1 is 1.09 bits per heavy atom. The Balaban J connectivity index is 1.84. The van der Waals surface area contributed by atoms with Crippen molar-refractivity contribution in [2.24, 2.45) is 0 Å². The number of hydrogen-bond acceptors (Lipinski definition) is 4. The van der Waals surface area contributed by atoms with E-state index in [1.54, 1.807) is 25.2 Å². The molecule has 0 bridgehead atoms. The fourth-order valence-corrected chi connectivity index (χ4v) is 3.53. The van der Waals surface area contributed by atoms with Gasteiger partial charge in [0.1, 0.15) is 22.7 Å². The number of nitrogens with zero attached hydrogens (tertiary/aromatic N) is 3. The van der Waals surface area contributed by atoms with Crippen LogP contribution in [-0.4, -0.2) is 29.5 Å². The van der Waals surface area contributed by atoms with Crippen molar-refractivity contribution in [3.05, 3.63) is 88.8 Å². The average Bonchev–Trinajstić information content (AvgIpc) is 2.78. The zero-order valence-corrected chi connectivity index (χ0v) is 18.1. The van der Waals surface area contributed by atoms with Crippen molar-refractivity contribution < 1.29 is 18.0 Å². The number of halogens is 4. The van der Waals surface area contributed by atoms with Crippen molar-refractivity contribution >= 4 is 23.3 Å². The lowest BCUT2D eigenvalue weighted by Gasteiger charge is -2.32. The summed E-state index contributed by atoms with van der Waals surface area (Å²) in [6, 6.07) is 16.2. The van der Waals surface area contributed by atoms with Crippen LogP contribution in [0.1, 0.15) is 29.3 Å². The Hall–Kier alpha value is -3.13. The van der Waals surface area contributed by atoms with Gasteiger partial charge >= 0.3 is 6.18 Å². The molecule has 32 heavy (non-hydrogen) atoms. The number of nitrogens with one attached hydrogen (secondary N) is 1. The summed E-state index contributed by atoms with van der Waals surface area (Å²) < 4.78 is 38.2. The lowest BCUT2D eigenvalue weighted by Crippen LogP contribution is -2.40. The van der Waals surface area contributed by atoms with Gasteiger partial charge in [-0.05, 0) is 42.2 Å². The fourth-order valence-electron chi connectivity index (χ4n) is 3.37. The van der Waals surface area contributed by atoms with Crippen LogP contribution in [-0.2, 0) is 17.4 Å². The van der Waals surface area contributed by atoms with Gasteiger partial charge in [0.05, 0.1) is 0 Å². The second-order valence-electron chi connectivity index (χ2n) is 7.09. The first-order chi connectivity index (χ1) is 15.3. The van der Waals surface area contributed by atoms with Gasteiger partial charge in [-0.2, -0.15) is 13.2 Å². The highest BCUT2D eigenvalue weighted by Crippen LogP contribution is 2.29.